The molecule has 6 rings (SSSR count). The maximum atomic E-state index is 13.5. The number of halogens is 1. The number of sulfonamides is 1. The van der Waals surface area contributed by atoms with E-state index in [-0.39, 0.29) is 33.5 Å². The number of aromatic nitrogens is 2. The van der Waals surface area contributed by atoms with Gasteiger partial charge in [-0.1, -0.05) is 78.3 Å². The molecule has 6 aromatic rings. The van der Waals surface area contributed by atoms with Crippen molar-refractivity contribution >= 4 is 39.2 Å². The lowest BCUT2D eigenvalue weighted by Crippen LogP contribution is -2.42. The van der Waals surface area contributed by atoms with Gasteiger partial charge in [0.2, 0.25) is 11.8 Å². The molecule has 252 valence electrons. The highest BCUT2D eigenvalue weighted by atomic mass is 35.5. The van der Waals surface area contributed by atoms with Crippen LogP contribution in [0.15, 0.2) is 131 Å². The van der Waals surface area contributed by atoms with E-state index in [0.29, 0.717) is 28.5 Å². The number of carboxylic acid groups (broad SMARTS) is 1. The molecule has 11 nitrogen and oxygen atoms in total. The molecule has 50 heavy (non-hydrogen) atoms. The molecular formula is C37H29ClN4O7S. The Kier molecular flexibility index (Phi) is 9.93. The number of carbonyl (C=O) groups excluding carboxylic acids is 1. The van der Waals surface area contributed by atoms with Crippen LogP contribution in [-0.4, -0.2) is 41.6 Å². The van der Waals surface area contributed by atoms with E-state index in [1.54, 1.807) is 25.1 Å². The Morgan fingerprint density at radius 3 is 2.32 bits per heavy atom. The van der Waals surface area contributed by atoms with Crippen LogP contribution in [0.4, 0.5) is 5.69 Å². The van der Waals surface area contributed by atoms with Crippen molar-refractivity contribution in [2.75, 3.05) is 4.72 Å². The summed E-state index contributed by atoms with van der Waals surface area (Å²) in [6.45, 7) is 1.61. The van der Waals surface area contributed by atoms with Gasteiger partial charge in [0, 0.05) is 29.5 Å². The van der Waals surface area contributed by atoms with E-state index in [1.807, 2.05) is 66.7 Å². The van der Waals surface area contributed by atoms with Gasteiger partial charge in [-0.2, -0.15) is 0 Å². The molecule has 1 heterocycles. The predicted octanol–water partition coefficient (Wildman–Crippen LogP) is 7.38. The van der Waals surface area contributed by atoms with Gasteiger partial charge < -0.3 is 19.6 Å². The number of carbonyl (C=O) groups is 2. The summed E-state index contributed by atoms with van der Waals surface area (Å²) in [6, 6.07) is 32.7. The quantitative estimate of drug-likeness (QED) is 0.118. The van der Waals surface area contributed by atoms with Crippen molar-refractivity contribution in [1.29, 1.82) is 0 Å². The molecule has 0 radical (unpaired) electrons. The highest BCUT2D eigenvalue weighted by Gasteiger charge is 2.25. The van der Waals surface area contributed by atoms with Gasteiger partial charge in [0.25, 0.3) is 15.9 Å². The van der Waals surface area contributed by atoms with Crippen molar-refractivity contribution in [2.45, 2.75) is 24.3 Å². The van der Waals surface area contributed by atoms with Crippen LogP contribution in [0.2, 0.25) is 5.02 Å². The number of hydrogen-bond acceptors (Lipinski definition) is 8. The monoisotopic (exact) mass is 708 g/mol. The largest absolute Gasteiger partial charge is 0.480 e. The number of hydrogen-bond donors (Lipinski definition) is 3. The predicted molar refractivity (Wildman–Crippen MR) is 188 cm³/mol. The molecule has 0 aliphatic carbocycles. The van der Waals surface area contributed by atoms with Gasteiger partial charge in [-0.15, -0.1) is 10.2 Å². The number of rotatable bonds is 12. The molecule has 3 N–H and O–H groups in total. The van der Waals surface area contributed by atoms with Crippen LogP contribution >= 0.6 is 11.6 Å². The number of para-hydroxylation sites is 2. The van der Waals surface area contributed by atoms with Crippen LogP contribution in [0.5, 0.6) is 11.5 Å². The van der Waals surface area contributed by atoms with E-state index in [1.165, 1.54) is 36.4 Å². The summed E-state index contributed by atoms with van der Waals surface area (Å²) in [5, 5.41) is 20.4. The second kappa shape index (κ2) is 14.6. The first kappa shape index (κ1) is 33.9. The molecule has 13 heteroatoms. The molecule has 0 fully saturated rings. The number of anilines is 1. The summed E-state index contributed by atoms with van der Waals surface area (Å²) < 4.78 is 40.8. The molecule has 1 amide bonds. The van der Waals surface area contributed by atoms with E-state index in [9.17, 15) is 23.1 Å². The van der Waals surface area contributed by atoms with E-state index >= 15 is 0 Å². The number of aliphatic carboxylic acids is 1. The fraction of sp³-hybridized carbons (Fsp3) is 0.0811. The molecule has 0 spiro atoms. The average molecular weight is 709 g/mol. The second-order valence-electron chi connectivity index (χ2n) is 11.1. The van der Waals surface area contributed by atoms with Gasteiger partial charge in [-0.05, 0) is 65.7 Å². The third kappa shape index (κ3) is 8.00. The zero-order valence-electron chi connectivity index (χ0n) is 26.4. The van der Waals surface area contributed by atoms with Gasteiger partial charge in [-0.25, -0.2) is 13.2 Å². The molecule has 0 saturated heterocycles. The van der Waals surface area contributed by atoms with E-state index in [4.69, 9.17) is 20.8 Å². The molecule has 0 saturated carbocycles. The fourth-order valence-electron chi connectivity index (χ4n) is 5.11. The molecular weight excluding hydrogens is 680 g/mol. The molecule has 0 bridgehead atoms. The standard InChI is InChI=1S/C37H29ClN4O7S/c1-23-40-41-36(48-23)26-8-7-11-29(21-26)50(46,47)42-32-19-18-27(38)22-31(32)35(43)39-33(37(44)45)20-24-14-16-25(17-15-24)30-12-5-6-13-34(30)49-28-9-3-2-4-10-28/h2-19,21-22,33,42H,20H2,1H3,(H,39,43)(H,44,45)/t33-/m0/s1. The number of carboxylic acids is 1. The Balaban J connectivity index is 1.18. The lowest BCUT2D eigenvalue weighted by Gasteiger charge is -2.18. The van der Waals surface area contributed by atoms with Gasteiger partial charge in [0.1, 0.15) is 17.5 Å². The third-order valence-electron chi connectivity index (χ3n) is 7.55. The zero-order valence-corrected chi connectivity index (χ0v) is 28.0. The average Bonchev–Trinajstić information content (AvgIpc) is 3.56. The minimum Gasteiger partial charge on any atom is -0.480 e. The Labute approximate surface area is 292 Å². The summed E-state index contributed by atoms with van der Waals surface area (Å²) in [4.78, 5) is 25.7. The van der Waals surface area contributed by atoms with Crippen molar-refractivity contribution in [3.8, 4) is 34.1 Å². The van der Waals surface area contributed by atoms with Gasteiger partial charge >= 0.3 is 5.97 Å². The van der Waals surface area contributed by atoms with Crippen LogP contribution < -0.4 is 14.8 Å². The van der Waals surface area contributed by atoms with Crippen LogP contribution in [0, 0.1) is 6.92 Å². The Bertz CT molecular complexity index is 2280. The highest BCUT2D eigenvalue weighted by molar-refractivity contribution is 7.92. The van der Waals surface area contributed by atoms with Gasteiger partial charge in [-0.3, -0.25) is 9.52 Å². The van der Waals surface area contributed by atoms with E-state index in [2.05, 4.69) is 20.2 Å². The lowest BCUT2D eigenvalue weighted by molar-refractivity contribution is -0.139. The molecule has 0 aliphatic heterocycles. The SMILES string of the molecule is Cc1nnc(-c2cccc(S(=O)(=O)Nc3ccc(Cl)cc3C(=O)N[C@@H](Cc3ccc(-c4ccccc4Oc4ccccc4)cc3)C(=O)O)c2)o1. The minimum atomic E-state index is -4.24. The Hall–Kier alpha value is -5.98. The van der Waals surface area contributed by atoms with Crippen LogP contribution in [0.3, 0.4) is 0 Å². The summed E-state index contributed by atoms with van der Waals surface area (Å²) in [5.41, 5.74) is 2.45. The summed E-state index contributed by atoms with van der Waals surface area (Å²) in [6.07, 6.45) is -0.0485. The molecule has 0 aliphatic rings. The number of ether oxygens (including phenoxy) is 1. The number of nitrogens with one attached hydrogen (secondary N) is 2. The first-order valence-corrected chi connectivity index (χ1v) is 17.1. The highest BCUT2D eigenvalue weighted by Crippen LogP contribution is 2.33. The first-order chi connectivity index (χ1) is 24.1. The van der Waals surface area contributed by atoms with Crippen molar-refractivity contribution in [3.63, 3.8) is 0 Å². The van der Waals surface area contributed by atoms with Crippen molar-refractivity contribution < 1.29 is 32.3 Å². The summed E-state index contributed by atoms with van der Waals surface area (Å²) >= 11 is 6.18. The third-order valence-corrected chi connectivity index (χ3v) is 9.15. The summed E-state index contributed by atoms with van der Waals surface area (Å²) in [7, 11) is -4.24. The van der Waals surface area contributed by atoms with E-state index in [0.717, 1.165) is 11.1 Å². The second-order valence-corrected chi connectivity index (χ2v) is 13.2. The fourth-order valence-corrected chi connectivity index (χ4v) is 6.41. The number of nitrogens with zero attached hydrogens (tertiary/aromatic N) is 2. The van der Waals surface area contributed by atoms with Crippen LogP contribution in [0.25, 0.3) is 22.6 Å². The normalized spacial score (nSPS) is 11.8. The van der Waals surface area contributed by atoms with Gasteiger partial charge in [0.15, 0.2) is 0 Å². The molecule has 1 atom stereocenters. The van der Waals surface area contributed by atoms with Crippen LogP contribution in [0.1, 0.15) is 21.8 Å². The van der Waals surface area contributed by atoms with Crippen molar-refractivity contribution in [3.05, 3.63) is 143 Å². The van der Waals surface area contributed by atoms with Crippen LogP contribution in [-0.2, 0) is 21.2 Å². The number of amides is 1. The number of benzene rings is 5. The smallest absolute Gasteiger partial charge is 0.326 e. The van der Waals surface area contributed by atoms with Crippen molar-refractivity contribution in [1.82, 2.24) is 15.5 Å². The molecule has 5 aromatic carbocycles. The lowest BCUT2D eigenvalue weighted by atomic mass is 9.99. The maximum absolute atomic E-state index is 13.5. The Morgan fingerprint density at radius 2 is 1.60 bits per heavy atom. The zero-order chi connectivity index (χ0) is 35.3. The number of aryl methyl sites for hydroxylation is 1. The van der Waals surface area contributed by atoms with Crippen molar-refractivity contribution in [2.24, 2.45) is 0 Å². The van der Waals surface area contributed by atoms with Gasteiger partial charge in [0.05, 0.1) is 16.1 Å². The maximum Gasteiger partial charge on any atom is 0.326 e. The topological polar surface area (TPSA) is 161 Å². The Morgan fingerprint density at radius 1 is 0.860 bits per heavy atom. The first-order valence-electron chi connectivity index (χ1n) is 15.2. The minimum absolute atomic E-state index is 0.0485. The molecule has 1 aromatic heterocycles. The van der Waals surface area contributed by atoms with E-state index < -0.39 is 27.9 Å². The molecule has 0 unspecified atom stereocenters. The summed E-state index contributed by atoms with van der Waals surface area (Å²) in [5.74, 6) is -0.308.